The summed E-state index contributed by atoms with van der Waals surface area (Å²) in [6, 6.07) is 27.9. The number of nitrogens with zero attached hydrogens (tertiary/aromatic N) is 2. The zero-order valence-corrected chi connectivity index (χ0v) is 18.9. The molecular weight excluding hydrogens is 419 g/mol. The van der Waals surface area contributed by atoms with Gasteiger partial charge in [0.2, 0.25) is 0 Å². The number of anilines is 1. The van der Waals surface area contributed by atoms with E-state index in [1.165, 1.54) is 21.0 Å². The van der Waals surface area contributed by atoms with E-state index < -0.39 is 0 Å². The summed E-state index contributed by atoms with van der Waals surface area (Å²) < 4.78 is 0. The minimum absolute atomic E-state index is 0. The molecule has 152 valence electrons. The molecule has 0 radical (unpaired) electrons. The van der Waals surface area contributed by atoms with Crippen LogP contribution < -0.4 is 4.90 Å². The van der Waals surface area contributed by atoms with Crippen LogP contribution in [0.25, 0.3) is 0 Å². The molecule has 29 heavy (non-hydrogen) atoms. The average Bonchev–Trinajstić information content (AvgIpc) is 2.76. The van der Waals surface area contributed by atoms with Crippen LogP contribution in [0.4, 0.5) is 5.69 Å². The number of halogens is 2. The van der Waals surface area contributed by atoms with Crippen molar-refractivity contribution in [2.24, 2.45) is 0 Å². The lowest BCUT2D eigenvalue weighted by atomic mass is 10.1. The third kappa shape index (κ3) is 5.49. The van der Waals surface area contributed by atoms with E-state index in [1.807, 2.05) is 17.8 Å². The van der Waals surface area contributed by atoms with Gasteiger partial charge in [-0.25, -0.2) is 0 Å². The van der Waals surface area contributed by atoms with Crippen molar-refractivity contribution in [1.29, 1.82) is 0 Å². The SMILES string of the molecule is CC(c1cc(Cl)ccc1Sc1ccccc1)N1CCN(c2ccccc2)CC1.Cl. The van der Waals surface area contributed by atoms with Gasteiger partial charge in [0.25, 0.3) is 0 Å². The van der Waals surface area contributed by atoms with Gasteiger partial charge in [-0.1, -0.05) is 59.8 Å². The molecule has 0 spiro atoms. The van der Waals surface area contributed by atoms with Crippen molar-refractivity contribution in [3.05, 3.63) is 89.4 Å². The van der Waals surface area contributed by atoms with Crippen LogP contribution in [-0.2, 0) is 0 Å². The Kier molecular flexibility index (Phi) is 7.91. The van der Waals surface area contributed by atoms with Crippen molar-refractivity contribution < 1.29 is 0 Å². The topological polar surface area (TPSA) is 6.48 Å². The second-order valence-corrected chi connectivity index (χ2v) is 8.68. The van der Waals surface area contributed by atoms with E-state index in [0.717, 1.165) is 31.2 Å². The van der Waals surface area contributed by atoms with Crippen LogP contribution in [0.1, 0.15) is 18.5 Å². The van der Waals surface area contributed by atoms with Gasteiger partial charge in [-0.2, -0.15) is 0 Å². The van der Waals surface area contributed by atoms with Crippen LogP contribution >= 0.6 is 35.8 Å². The van der Waals surface area contributed by atoms with Gasteiger partial charge < -0.3 is 4.90 Å². The zero-order chi connectivity index (χ0) is 19.3. The predicted molar refractivity (Wildman–Crippen MR) is 128 cm³/mol. The largest absolute Gasteiger partial charge is 0.369 e. The molecule has 1 fully saturated rings. The highest BCUT2D eigenvalue weighted by molar-refractivity contribution is 7.99. The molecule has 3 aromatic carbocycles. The molecule has 1 aliphatic heterocycles. The summed E-state index contributed by atoms with van der Waals surface area (Å²) in [6.07, 6.45) is 0. The molecule has 1 heterocycles. The Labute approximate surface area is 189 Å². The van der Waals surface area contributed by atoms with Crippen molar-refractivity contribution in [3.8, 4) is 0 Å². The molecule has 1 saturated heterocycles. The highest BCUT2D eigenvalue weighted by Gasteiger charge is 2.24. The summed E-state index contributed by atoms with van der Waals surface area (Å²) >= 11 is 8.19. The maximum Gasteiger partial charge on any atom is 0.0410 e. The van der Waals surface area contributed by atoms with Crippen LogP contribution in [0.5, 0.6) is 0 Å². The smallest absolute Gasteiger partial charge is 0.0410 e. The monoisotopic (exact) mass is 444 g/mol. The molecule has 0 bridgehead atoms. The minimum Gasteiger partial charge on any atom is -0.369 e. The molecule has 0 saturated carbocycles. The highest BCUT2D eigenvalue weighted by Crippen LogP contribution is 2.37. The number of hydrogen-bond donors (Lipinski definition) is 0. The van der Waals surface area contributed by atoms with Gasteiger partial charge in [0.15, 0.2) is 0 Å². The van der Waals surface area contributed by atoms with Crippen LogP contribution in [-0.4, -0.2) is 31.1 Å². The summed E-state index contributed by atoms with van der Waals surface area (Å²) in [5.41, 5.74) is 2.63. The van der Waals surface area contributed by atoms with Crippen LogP contribution in [0.3, 0.4) is 0 Å². The summed E-state index contributed by atoms with van der Waals surface area (Å²) in [7, 11) is 0. The van der Waals surface area contributed by atoms with Gasteiger partial charge in [0.05, 0.1) is 0 Å². The second-order valence-electron chi connectivity index (χ2n) is 7.13. The van der Waals surface area contributed by atoms with E-state index in [1.54, 1.807) is 0 Å². The molecule has 5 heteroatoms. The van der Waals surface area contributed by atoms with Crippen LogP contribution in [0.2, 0.25) is 5.02 Å². The van der Waals surface area contributed by atoms with Crippen molar-refractivity contribution in [1.82, 2.24) is 4.90 Å². The van der Waals surface area contributed by atoms with E-state index in [-0.39, 0.29) is 12.4 Å². The van der Waals surface area contributed by atoms with Gasteiger partial charge >= 0.3 is 0 Å². The third-order valence-corrected chi connectivity index (χ3v) is 6.71. The second kappa shape index (κ2) is 10.4. The third-order valence-electron chi connectivity index (χ3n) is 5.38. The first kappa shape index (κ1) is 22.0. The molecule has 4 rings (SSSR count). The summed E-state index contributed by atoms with van der Waals surface area (Å²) in [4.78, 5) is 7.59. The minimum atomic E-state index is 0. The molecule has 0 amide bonds. The van der Waals surface area contributed by atoms with E-state index in [2.05, 4.69) is 89.5 Å². The Morgan fingerprint density at radius 2 is 1.45 bits per heavy atom. The lowest BCUT2D eigenvalue weighted by molar-refractivity contribution is 0.196. The maximum atomic E-state index is 6.37. The van der Waals surface area contributed by atoms with Crippen LogP contribution in [0.15, 0.2) is 88.7 Å². The van der Waals surface area contributed by atoms with Gasteiger partial charge in [-0.05, 0) is 55.0 Å². The number of piperazine rings is 1. The van der Waals surface area contributed by atoms with Crippen molar-refractivity contribution in [3.63, 3.8) is 0 Å². The number of para-hydroxylation sites is 1. The summed E-state index contributed by atoms with van der Waals surface area (Å²) in [5.74, 6) is 0. The van der Waals surface area contributed by atoms with E-state index in [4.69, 9.17) is 11.6 Å². The summed E-state index contributed by atoms with van der Waals surface area (Å²) in [5, 5.41) is 0.808. The number of benzene rings is 3. The Morgan fingerprint density at radius 1 is 0.828 bits per heavy atom. The Balaban J connectivity index is 0.00000240. The molecule has 1 atom stereocenters. The summed E-state index contributed by atoms with van der Waals surface area (Å²) in [6.45, 7) is 6.51. The Morgan fingerprint density at radius 3 is 2.10 bits per heavy atom. The molecule has 0 aliphatic carbocycles. The van der Waals surface area contributed by atoms with Crippen molar-refractivity contribution in [2.75, 3.05) is 31.1 Å². The zero-order valence-electron chi connectivity index (χ0n) is 16.5. The molecule has 0 aromatic heterocycles. The fourth-order valence-electron chi connectivity index (χ4n) is 3.76. The molecule has 0 N–H and O–H groups in total. The highest BCUT2D eigenvalue weighted by atomic mass is 35.5. The van der Waals surface area contributed by atoms with Gasteiger partial charge in [-0.15, -0.1) is 12.4 Å². The maximum absolute atomic E-state index is 6.37. The van der Waals surface area contributed by atoms with E-state index in [0.29, 0.717) is 6.04 Å². The van der Waals surface area contributed by atoms with Crippen molar-refractivity contribution in [2.45, 2.75) is 22.8 Å². The lowest BCUT2D eigenvalue weighted by Gasteiger charge is -2.39. The predicted octanol–water partition coefficient (Wildman–Crippen LogP) is 6.80. The molecule has 3 aromatic rings. The first-order chi connectivity index (χ1) is 13.7. The van der Waals surface area contributed by atoms with E-state index in [9.17, 15) is 0 Å². The Hall–Kier alpha value is -1.65. The van der Waals surface area contributed by atoms with Gasteiger partial charge in [0.1, 0.15) is 0 Å². The van der Waals surface area contributed by atoms with Crippen molar-refractivity contribution >= 4 is 41.5 Å². The molecule has 2 nitrogen and oxygen atoms in total. The lowest BCUT2D eigenvalue weighted by Crippen LogP contribution is -2.47. The molecular formula is C24H26Cl2N2S. The quantitative estimate of drug-likeness (QED) is 0.427. The van der Waals surface area contributed by atoms with E-state index >= 15 is 0 Å². The first-order valence-corrected chi connectivity index (χ1v) is 11.0. The van der Waals surface area contributed by atoms with Gasteiger partial charge in [-0.3, -0.25) is 4.90 Å². The molecule has 1 aliphatic rings. The molecule has 1 unspecified atom stereocenters. The van der Waals surface area contributed by atoms with Gasteiger partial charge in [0, 0.05) is 52.7 Å². The normalized spacial score (nSPS) is 15.6. The average molecular weight is 445 g/mol. The standard InChI is InChI=1S/C24H25ClN2S.ClH/c1-19(26-14-16-27(17-15-26)21-8-4-2-5-9-21)23-18-20(25)12-13-24(23)28-22-10-6-3-7-11-22;/h2-13,18-19H,14-17H2,1H3;1H. The van der Waals surface area contributed by atoms with Crippen LogP contribution in [0, 0.1) is 0 Å². The first-order valence-electron chi connectivity index (χ1n) is 9.77. The fourth-order valence-corrected chi connectivity index (χ4v) is 4.97. The number of rotatable bonds is 5. The Bertz CT molecular complexity index is 897. The fraction of sp³-hybridized carbons (Fsp3) is 0.250. The number of hydrogen-bond acceptors (Lipinski definition) is 3.